The molecule has 0 bridgehead atoms. The lowest BCUT2D eigenvalue weighted by molar-refractivity contribution is -0.122. The SMILES string of the molecule is NC(=O)C(Cc1ccccc1)C1CCc2ccccc21. The van der Waals surface area contributed by atoms with Crippen LogP contribution in [0.5, 0.6) is 0 Å². The van der Waals surface area contributed by atoms with Crippen molar-refractivity contribution in [3.63, 3.8) is 0 Å². The standard InChI is InChI=1S/C18H19NO/c19-18(20)17(12-13-6-2-1-3-7-13)16-11-10-14-8-4-5-9-15(14)16/h1-9,16-17H,10-12H2,(H2,19,20). The van der Waals surface area contributed by atoms with Crippen LogP contribution in [0.1, 0.15) is 29.0 Å². The van der Waals surface area contributed by atoms with Crippen molar-refractivity contribution in [1.82, 2.24) is 0 Å². The van der Waals surface area contributed by atoms with Gasteiger partial charge in [0.25, 0.3) is 0 Å². The zero-order valence-corrected chi connectivity index (χ0v) is 11.5. The lowest BCUT2D eigenvalue weighted by Gasteiger charge is -2.21. The summed E-state index contributed by atoms with van der Waals surface area (Å²) in [5.74, 6) is -0.0273. The van der Waals surface area contributed by atoms with E-state index in [0.717, 1.165) is 19.3 Å². The fraction of sp³-hybridized carbons (Fsp3) is 0.278. The average Bonchev–Trinajstić information content (AvgIpc) is 2.89. The molecule has 0 aliphatic heterocycles. The molecule has 1 amide bonds. The largest absolute Gasteiger partial charge is 0.369 e. The van der Waals surface area contributed by atoms with Crippen LogP contribution in [-0.4, -0.2) is 5.91 Å². The van der Waals surface area contributed by atoms with Gasteiger partial charge in [0, 0.05) is 5.92 Å². The number of hydrogen-bond acceptors (Lipinski definition) is 1. The average molecular weight is 265 g/mol. The lowest BCUT2D eigenvalue weighted by Crippen LogP contribution is -2.29. The molecule has 0 fully saturated rings. The van der Waals surface area contributed by atoms with Crippen LogP contribution in [-0.2, 0) is 17.6 Å². The molecule has 0 saturated heterocycles. The summed E-state index contributed by atoms with van der Waals surface area (Å²) >= 11 is 0. The number of amides is 1. The molecule has 0 heterocycles. The first-order valence-corrected chi connectivity index (χ1v) is 7.17. The molecule has 0 spiro atoms. The van der Waals surface area contributed by atoms with E-state index < -0.39 is 0 Å². The van der Waals surface area contributed by atoms with Gasteiger partial charge in [-0.2, -0.15) is 0 Å². The normalized spacial score (nSPS) is 18.5. The van der Waals surface area contributed by atoms with E-state index in [4.69, 9.17) is 5.73 Å². The Morgan fingerprint density at radius 2 is 1.80 bits per heavy atom. The first kappa shape index (κ1) is 12.9. The van der Waals surface area contributed by atoms with Gasteiger partial charge in [-0.15, -0.1) is 0 Å². The molecule has 3 rings (SSSR count). The third-order valence-electron chi connectivity index (χ3n) is 4.33. The summed E-state index contributed by atoms with van der Waals surface area (Å²) in [5, 5.41) is 0. The minimum absolute atomic E-state index is 0.110. The predicted molar refractivity (Wildman–Crippen MR) is 80.3 cm³/mol. The minimum atomic E-state index is -0.185. The highest BCUT2D eigenvalue weighted by atomic mass is 16.1. The number of rotatable bonds is 4. The van der Waals surface area contributed by atoms with Crippen molar-refractivity contribution in [2.45, 2.75) is 25.2 Å². The van der Waals surface area contributed by atoms with E-state index in [1.165, 1.54) is 16.7 Å². The van der Waals surface area contributed by atoms with Crippen LogP contribution < -0.4 is 5.73 Å². The second-order valence-corrected chi connectivity index (χ2v) is 5.54. The topological polar surface area (TPSA) is 43.1 Å². The molecule has 2 nitrogen and oxygen atoms in total. The smallest absolute Gasteiger partial charge is 0.221 e. The van der Waals surface area contributed by atoms with E-state index in [1.54, 1.807) is 0 Å². The molecular weight excluding hydrogens is 246 g/mol. The fourth-order valence-electron chi connectivity index (χ4n) is 3.32. The first-order valence-electron chi connectivity index (χ1n) is 7.17. The Morgan fingerprint density at radius 3 is 2.55 bits per heavy atom. The number of nitrogens with two attached hydrogens (primary N) is 1. The van der Waals surface area contributed by atoms with Gasteiger partial charge < -0.3 is 5.73 Å². The van der Waals surface area contributed by atoms with Crippen molar-refractivity contribution < 1.29 is 4.79 Å². The molecule has 2 heteroatoms. The second kappa shape index (κ2) is 5.49. The summed E-state index contributed by atoms with van der Waals surface area (Å²) in [6, 6.07) is 18.6. The molecule has 20 heavy (non-hydrogen) atoms. The van der Waals surface area contributed by atoms with Crippen molar-refractivity contribution in [3.05, 3.63) is 71.3 Å². The van der Waals surface area contributed by atoms with Gasteiger partial charge in [0.2, 0.25) is 5.91 Å². The Morgan fingerprint density at radius 1 is 1.10 bits per heavy atom. The van der Waals surface area contributed by atoms with Crippen LogP contribution in [0, 0.1) is 5.92 Å². The van der Waals surface area contributed by atoms with Gasteiger partial charge in [-0.1, -0.05) is 54.6 Å². The molecule has 102 valence electrons. The van der Waals surface area contributed by atoms with Crippen LogP contribution in [0.2, 0.25) is 0 Å². The Kier molecular flexibility index (Phi) is 3.55. The highest BCUT2D eigenvalue weighted by Gasteiger charge is 2.32. The monoisotopic (exact) mass is 265 g/mol. The quantitative estimate of drug-likeness (QED) is 0.907. The van der Waals surface area contributed by atoms with Crippen molar-refractivity contribution >= 4 is 5.91 Å². The van der Waals surface area contributed by atoms with Crippen molar-refractivity contribution in [2.75, 3.05) is 0 Å². The van der Waals surface area contributed by atoms with E-state index in [-0.39, 0.29) is 17.7 Å². The van der Waals surface area contributed by atoms with Crippen molar-refractivity contribution in [1.29, 1.82) is 0 Å². The Bertz CT molecular complexity index is 606. The fourth-order valence-corrected chi connectivity index (χ4v) is 3.32. The van der Waals surface area contributed by atoms with E-state index in [2.05, 4.69) is 36.4 Å². The third kappa shape index (κ3) is 2.46. The summed E-state index contributed by atoms with van der Waals surface area (Å²) in [6.45, 7) is 0. The molecule has 0 radical (unpaired) electrons. The highest BCUT2D eigenvalue weighted by molar-refractivity contribution is 5.78. The summed E-state index contributed by atoms with van der Waals surface area (Å²) in [4.78, 5) is 11.9. The summed E-state index contributed by atoms with van der Waals surface area (Å²) in [7, 11) is 0. The summed E-state index contributed by atoms with van der Waals surface area (Å²) in [6.07, 6.45) is 2.81. The number of primary amides is 1. The van der Waals surface area contributed by atoms with Crippen LogP contribution >= 0.6 is 0 Å². The van der Waals surface area contributed by atoms with E-state index in [9.17, 15) is 4.79 Å². The Labute approximate surface area is 119 Å². The number of carbonyl (C=O) groups excluding carboxylic acids is 1. The zero-order valence-electron chi connectivity index (χ0n) is 11.5. The van der Waals surface area contributed by atoms with Gasteiger partial charge in [-0.25, -0.2) is 0 Å². The molecule has 2 atom stereocenters. The van der Waals surface area contributed by atoms with Gasteiger partial charge in [0.15, 0.2) is 0 Å². The lowest BCUT2D eigenvalue weighted by atomic mass is 9.82. The van der Waals surface area contributed by atoms with Crippen LogP contribution in [0.25, 0.3) is 0 Å². The van der Waals surface area contributed by atoms with Gasteiger partial charge in [0.1, 0.15) is 0 Å². The van der Waals surface area contributed by atoms with E-state index in [0.29, 0.717) is 0 Å². The molecule has 1 aliphatic carbocycles. The maximum absolute atomic E-state index is 11.9. The summed E-state index contributed by atoms with van der Waals surface area (Å²) < 4.78 is 0. The van der Waals surface area contributed by atoms with Crippen molar-refractivity contribution in [3.8, 4) is 0 Å². The number of aryl methyl sites for hydroxylation is 1. The van der Waals surface area contributed by atoms with E-state index >= 15 is 0 Å². The van der Waals surface area contributed by atoms with Crippen LogP contribution in [0.4, 0.5) is 0 Å². The number of fused-ring (bicyclic) bond motifs is 1. The van der Waals surface area contributed by atoms with Gasteiger partial charge >= 0.3 is 0 Å². The molecule has 2 aromatic carbocycles. The predicted octanol–water partition coefficient (Wildman–Crippen LogP) is 3.06. The Balaban J connectivity index is 1.87. The van der Waals surface area contributed by atoms with Gasteiger partial charge in [-0.05, 0) is 41.9 Å². The summed E-state index contributed by atoms with van der Waals surface area (Å²) in [5.41, 5.74) is 9.55. The molecule has 2 aromatic rings. The number of carbonyl (C=O) groups is 1. The third-order valence-corrected chi connectivity index (χ3v) is 4.33. The van der Waals surface area contributed by atoms with Crippen LogP contribution in [0.15, 0.2) is 54.6 Å². The molecule has 0 aromatic heterocycles. The highest BCUT2D eigenvalue weighted by Crippen LogP contribution is 2.39. The van der Waals surface area contributed by atoms with Gasteiger partial charge in [-0.3, -0.25) is 4.79 Å². The molecule has 2 unspecified atom stereocenters. The van der Waals surface area contributed by atoms with Gasteiger partial charge in [0.05, 0.1) is 0 Å². The molecule has 2 N–H and O–H groups in total. The maximum Gasteiger partial charge on any atom is 0.221 e. The molecule has 1 aliphatic rings. The zero-order chi connectivity index (χ0) is 13.9. The minimum Gasteiger partial charge on any atom is -0.369 e. The maximum atomic E-state index is 11.9. The molecule has 0 saturated carbocycles. The van der Waals surface area contributed by atoms with Crippen molar-refractivity contribution in [2.24, 2.45) is 11.7 Å². The number of benzene rings is 2. The van der Waals surface area contributed by atoms with Crippen LogP contribution in [0.3, 0.4) is 0 Å². The Hall–Kier alpha value is -2.09. The van der Waals surface area contributed by atoms with E-state index in [1.807, 2.05) is 18.2 Å². The molecular formula is C18H19NO. The first-order chi connectivity index (χ1) is 9.75. The number of hydrogen-bond donors (Lipinski definition) is 1. The second-order valence-electron chi connectivity index (χ2n) is 5.54.